The molecular weight excluding hydrogens is 352 g/mol. The van der Waals surface area contributed by atoms with E-state index in [2.05, 4.69) is 5.32 Å². The van der Waals surface area contributed by atoms with Crippen molar-refractivity contribution in [3.63, 3.8) is 0 Å². The van der Waals surface area contributed by atoms with E-state index in [4.69, 9.17) is 9.47 Å². The maximum Gasteiger partial charge on any atom is 0.306 e. The van der Waals surface area contributed by atoms with E-state index in [1.54, 1.807) is 0 Å². The van der Waals surface area contributed by atoms with Crippen LogP contribution in [0.1, 0.15) is 28.8 Å². The van der Waals surface area contributed by atoms with Crippen LogP contribution in [0, 0.1) is 10.1 Å². The van der Waals surface area contributed by atoms with Crippen molar-refractivity contribution in [1.29, 1.82) is 0 Å². The van der Waals surface area contributed by atoms with Gasteiger partial charge in [0.15, 0.2) is 0 Å². The monoisotopic (exact) mass is 372 g/mol. The zero-order chi connectivity index (χ0) is 19.6. The first-order chi connectivity index (χ1) is 13.0. The Bertz CT molecular complexity index is 807. The Hall–Kier alpha value is -3.42. The molecule has 8 nitrogen and oxygen atoms in total. The highest BCUT2D eigenvalue weighted by Crippen LogP contribution is 2.23. The number of carbonyl (C=O) groups excluding carboxylic acids is 2. The van der Waals surface area contributed by atoms with Crippen LogP contribution in [0.25, 0.3) is 0 Å². The van der Waals surface area contributed by atoms with Crippen LogP contribution in [-0.2, 0) is 16.1 Å². The molecule has 0 aliphatic rings. The Labute approximate surface area is 156 Å². The number of nitrogens with zero attached hydrogens (tertiary/aromatic N) is 1. The lowest BCUT2D eigenvalue weighted by Gasteiger charge is -2.09. The van der Waals surface area contributed by atoms with Gasteiger partial charge in [0.2, 0.25) is 0 Å². The lowest BCUT2D eigenvalue weighted by atomic mass is 10.1. The van der Waals surface area contributed by atoms with Crippen molar-refractivity contribution in [3.05, 3.63) is 69.8 Å². The van der Waals surface area contributed by atoms with Crippen molar-refractivity contribution in [3.8, 4) is 5.75 Å². The molecule has 142 valence electrons. The molecule has 0 spiro atoms. The number of carbonyl (C=O) groups is 2. The van der Waals surface area contributed by atoms with Crippen LogP contribution in [0.15, 0.2) is 48.5 Å². The zero-order valence-electron chi connectivity index (χ0n) is 14.8. The summed E-state index contributed by atoms with van der Waals surface area (Å²) in [7, 11) is 1.38. The predicted octanol–water partition coefficient (Wildman–Crippen LogP) is 2.86. The van der Waals surface area contributed by atoms with Crippen LogP contribution in [-0.4, -0.2) is 30.5 Å². The summed E-state index contributed by atoms with van der Waals surface area (Å²) in [6.07, 6.45) is 0.537. The highest BCUT2D eigenvalue weighted by molar-refractivity contribution is 5.97. The van der Waals surface area contributed by atoms with Crippen molar-refractivity contribution in [2.24, 2.45) is 0 Å². The lowest BCUT2D eigenvalue weighted by molar-refractivity contribution is -0.384. The summed E-state index contributed by atoms with van der Waals surface area (Å²) in [6, 6.07) is 13.1. The van der Waals surface area contributed by atoms with Crippen LogP contribution in [0.2, 0.25) is 0 Å². The van der Waals surface area contributed by atoms with E-state index in [0.29, 0.717) is 6.42 Å². The van der Waals surface area contributed by atoms with Gasteiger partial charge in [-0.3, -0.25) is 19.7 Å². The van der Waals surface area contributed by atoms with Gasteiger partial charge in [-0.05, 0) is 18.1 Å². The highest BCUT2D eigenvalue weighted by Gasteiger charge is 2.17. The number of hydrogen-bond acceptors (Lipinski definition) is 6. The summed E-state index contributed by atoms with van der Waals surface area (Å²) in [4.78, 5) is 34.2. The Morgan fingerprint density at radius 1 is 1.15 bits per heavy atom. The molecule has 2 aromatic rings. The number of benzene rings is 2. The molecule has 0 aliphatic heterocycles. The minimum Gasteiger partial charge on any atom is -0.496 e. The molecule has 8 heteroatoms. The fourth-order valence-corrected chi connectivity index (χ4v) is 2.33. The first-order valence-corrected chi connectivity index (χ1v) is 8.31. The summed E-state index contributed by atoms with van der Waals surface area (Å²) in [6.45, 7) is 0.433. The Kier molecular flexibility index (Phi) is 7.30. The molecule has 0 saturated carbocycles. The first-order valence-electron chi connectivity index (χ1n) is 8.31. The van der Waals surface area contributed by atoms with E-state index in [-0.39, 0.29) is 42.5 Å². The maximum atomic E-state index is 12.2. The average Bonchev–Trinajstić information content (AvgIpc) is 2.69. The molecule has 0 bridgehead atoms. The van der Waals surface area contributed by atoms with Crippen LogP contribution < -0.4 is 10.1 Å². The van der Waals surface area contributed by atoms with Gasteiger partial charge in [-0.1, -0.05) is 30.3 Å². The summed E-state index contributed by atoms with van der Waals surface area (Å²) in [5, 5.41) is 13.5. The molecular formula is C19H20N2O6. The zero-order valence-corrected chi connectivity index (χ0v) is 14.8. The minimum absolute atomic E-state index is 0.0679. The Morgan fingerprint density at radius 3 is 2.56 bits per heavy atom. The van der Waals surface area contributed by atoms with E-state index < -0.39 is 10.8 Å². The number of non-ortho nitro benzene ring substituents is 1. The Morgan fingerprint density at radius 2 is 1.89 bits per heavy atom. The van der Waals surface area contributed by atoms with Gasteiger partial charge in [0.25, 0.3) is 11.6 Å². The molecule has 1 amide bonds. The summed E-state index contributed by atoms with van der Waals surface area (Å²) in [5.74, 6) is -0.630. The number of nitrogens with one attached hydrogen (secondary N) is 1. The van der Waals surface area contributed by atoms with Crippen LogP contribution >= 0.6 is 0 Å². The van der Waals surface area contributed by atoms with Gasteiger partial charge in [-0.15, -0.1) is 0 Å². The number of rotatable bonds is 9. The molecule has 2 aromatic carbocycles. The number of hydrogen-bond donors (Lipinski definition) is 1. The average molecular weight is 372 g/mol. The third kappa shape index (κ3) is 6.10. The van der Waals surface area contributed by atoms with Gasteiger partial charge in [0.1, 0.15) is 12.4 Å². The first kappa shape index (κ1) is 19.9. The fourth-order valence-electron chi connectivity index (χ4n) is 2.33. The predicted molar refractivity (Wildman–Crippen MR) is 97.5 cm³/mol. The molecule has 0 aliphatic carbocycles. The maximum absolute atomic E-state index is 12.2. The summed E-state index contributed by atoms with van der Waals surface area (Å²) >= 11 is 0. The molecule has 27 heavy (non-hydrogen) atoms. The molecule has 0 radical (unpaired) electrons. The van der Waals surface area contributed by atoms with Gasteiger partial charge in [-0.25, -0.2) is 0 Å². The molecule has 0 unspecified atom stereocenters. The van der Waals surface area contributed by atoms with Crippen molar-refractivity contribution in [2.45, 2.75) is 19.4 Å². The van der Waals surface area contributed by atoms with E-state index >= 15 is 0 Å². The molecule has 0 fully saturated rings. The van der Waals surface area contributed by atoms with Gasteiger partial charge in [-0.2, -0.15) is 0 Å². The molecule has 0 aromatic heterocycles. The lowest BCUT2D eigenvalue weighted by Crippen LogP contribution is -2.25. The third-order valence-corrected chi connectivity index (χ3v) is 3.72. The smallest absolute Gasteiger partial charge is 0.306 e. The minimum atomic E-state index is -0.584. The molecule has 2 rings (SSSR count). The number of esters is 1. The van der Waals surface area contributed by atoms with Crippen LogP contribution in [0.5, 0.6) is 5.75 Å². The second-order valence-corrected chi connectivity index (χ2v) is 5.65. The summed E-state index contributed by atoms with van der Waals surface area (Å²) in [5.41, 5.74) is 0.765. The van der Waals surface area contributed by atoms with Crippen molar-refractivity contribution in [1.82, 2.24) is 5.32 Å². The number of methoxy groups -OCH3 is 1. The molecule has 0 atom stereocenters. The van der Waals surface area contributed by atoms with Gasteiger partial charge in [0, 0.05) is 25.1 Å². The van der Waals surface area contributed by atoms with Crippen LogP contribution in [0.4, 0.5) is 5.69 Å². The topological polar surface area (TPSA) is 108 Å². The van der Waals surface area contributed by atoms with Crippen LogP contribution in [0.3, 0.4) is 0 Å². The number of amides is 1. The van der Waals surface area contributed by atoms with E-state index in [1.165, 1.54) is 19.2 Å². The second-order valence-electron chi connectivity index (χ2n) is 5.65. The molecule has 0 heterocycles. The number of ether oxygens (including phenoxy) is 2. The van der Waals surface area contributed by atoms with Crippen molar-refractivity contribution in [2.75, 3.05) is 13.7 Å². The largest absolute Gasteiger partial charge is 0.496 e. The highest BCUT2D eigenvalue weighted by atomic mass is 16.6. The van der Waals surface area contributed by atoms with E-state index in [9.17, 15) is 19.7 Å². The molecule has 0 saturated heterocycles. The quantitative estimate of drug-likeness (QED) is 0.314. The Balaban J connectivity index is 1.78. The standard InChI is InChI=1S/C19H20N2O6/c1-26-17-10-9-15(21(24)25)12-16(17)19(23)20-11-5-8-18(22)27-13-14-6-3-2-4-7-14/h2-4,6-7,9-10,12H,5,8,11,13H2,1H3,(H,20,23). The van der Waals surface area contributed by atoms with E-state index in [1.807, 2.05) is 30.3 Å². The normalized spacial score (nSPS) is 10.1. The number of nitro benzene ring substituents is 1. The SMILES string of the molecule is COc1ccc([N+](=O)[O-])cc1C(=O)NCCCC(=O)OCc1ccccc1. The second kappa shape index (κ2) is 9.91. The number of nitro groups is 1. The third-order valence-electron chi connectivity index (χ3n) is 3.72. The summed E-state index contributed by atoms with van der Waals surface area (Å²) < 4.78 is 10.2. The van der Waals surface area contributed by atoms with Gasteiger partial charge >= 0.3 is 5.97 Å². The van der Waals surface area contributed by atoms with Gasteiger partial charge in [0.05, 0.1) is 17.6 Å². The van der Waals surface area contributed by atoms with Crippen molar-refractivity contribution < 1.29 is 24.0 Å². The van der Waals surface area contributed by atoms with E-state index in [0.717, 1.165) is 11.6 Å². The fraction of sp³-hybridized carbons (Fsp3) is 0.263. The van der Waals surface area contributed by atoms with Gasteiger partial charge < -0.3 is 14.8 Å². The molecule has 1 N–H and O–H groups in total. The van der Waals surface area contributed by atoms with Crippen molar-refractivity contribution >= 4 is 17.6 Å².